The maximum absolute atomic E-state index is 5.98. The van der Waals surface area contributed by atoms with Gasteiger partial charge in [-0.15, -0.1) is 0 Å². The van der Waals surface area contributed by atoms with Gasteiger partial charge >= 0.3 is 0 Å². The summed E-state index contributed by atoms with van der Waals surface area (Å²) in [6, 6.07) is 3.92. The average Bonchev–Trinajstić information content (AvgIpc) is 2.18. The van der Waals surface area contributed by atoms with E-state index in [9.17, 15) is 0 Å². The Morgan fingerprint density at radius 1 is 1.57 bits per heavy atom. The number of hydrogen-bond acceptors (Lipinski definition) is 3. The molecule has 1 atom stereocenters. The van der Waals surface area contributed by atoms with Crippen molar-refractivity contribution >= 4 is 15.9 Å². The number of fused-ring (bicyclic) bond motifs is 1. The Hall–Kier alpha value is -0.740. The van der Waals surface area contributed by atoms with Gasteiger partial charge in [-0.3, -0.25) is 0 Å². The second kappa shape index (κ2) is 3.79. The number of ether oxygens (including phenoxy) is 2. The molecule has 0 amide bonds. The molecule has 76 valence electrons. The Morgan fingerprint density at radius 2 is 2.36 bits per heavy atom. The van der Waals surface area contributed by atoms with Crippen LogP contribution < -0.4 is 15.2 Å². The normalized spacial score (nSPS) is 19.8. The van der Waals surface area contributed by atoms with Crippen molar-refractivity contribution in [3.05, 3.63) is 22.2 Å². The maximum atomic E-state index is 5.98. The fourth-order valence-corrected chi connectivity index (χ4v) is 2.07. The SMILES string of the molecule is COc1cc(Br)cc2c1OCC[C@H]2N. The molecule has 0 bridgehead atoms. The first-order valence-corrected chi connectivity index (χ1v) is 5.27. The van der Waals surface area contributed by atoms with Crippen LogP contribution in [0.5, 0.6) is 11.5 Å². The van der Waals surface area contributed by atoms with Crippen LogP contribution in [-0.4, -0.2) is 13.7 Å². The summed E-state index contributed by atoms with van der Waals surface area (Å²) in [7, 11) is 1.63. The monoisotopic (exact) mass is 257 g/mol. The summed E-state index contributed by atoms with van der Waals surface area (Å²) in [6.45, 7) is 0.659. The zero-order valence-corrected chi connectivity index (χ0v) is 9.50. The van der Waals surface area contributed by atoms with Crippen LogP contribution in [-0.2, 0) is 0 Å². The molecule has 2 rings (SSSR count). The highest BCUT2D eigenvalue weighted by atomic mass is 79.9. The summed E-state index contributed by atoms with van der Waals surface area (Å²) < 4.78 is 11.7. The van der Waals surface area contributed by atoms with Crippen molar-refractivity contribution in [3.63, 3.8) is 0 Å². The summed E-state index contributed by atoms with van der Waals surface area (Å²) in [4.78, 5) is 0. The molecule has 0 spiro atoms. The van der Waals surface area contributed by atoms with Crippen molar-refractivity contribution in [3.8, 4) is 11.5 Å². The van der Waals surface area contributed by atoms with Gasteiger partial charge in [0.2, 0.25) is 0 Å². The Balaban J connectivity index is 2.54. The van der Waals surface area contributed by atoms with Crippen LogP contribution in [0.25, 0.3) is 0 Å². The average molecular weight is 258 g/mol. The van der Waals surface area contributed by atoms with E-state index < -0.39 is 0 Å². The lowest BCUT2D eigenvalue weighted by Gasteiger charge is -2.24. The Labute approximate surface area is 91.3 Å². The van der Waals surface area contributed by atoms with E-state index in [0.717, 1.165) is 28.0 Å². The van der Waals surface area contributed by atoms with Crippen LogP contribution in [0, 0.1) is 0 Å². The minimum absolute atomic E-state index is 0.0464. The number of methoxy groups -OCH3 is 1. The van der Waals surface area contributed by atoms with E-state index in [2.05, 4.69) is 15.9 Å². The van der Waals surface area contributed by atoms with Crippen LogP contribution in [0.15, 0.2) is 16.6 Å². The third-order valence-electron chi connectivity index (χ3n) is 2.34. The zero-order valence-electron chi connectivity index (χ0n) is 7.92. The molecule has 0 radical (unpaired) electrons. The predicted octanol–water partition coefficient (Wildman–Crippen LogP) is 2.24. The predicted molar refractivity (Wildman–Crippen MR) is 57.7 cm³/mol. The molecule has 1 aliphatic rings. The highest BCUT2D eigenvalue weighted by Crippen LogP contribution is 2.40. The maximum Gasteiger partial charge on any atom is 0.165 e. The van der Waals surface area contributed by atoms with E-state index in [0.29, 0.717) is 6.61 Å². The third-order valence-corrected chi connectivity index (χ3v) is 2.80. The van der Waals surface area contributed by atoms with Gasteiger partial charge in [0.15, 0.2) is 11.5 Å². The highest BCUT2D eigenvalue weighted by Gasteiger charge is 2.22. The Kier molecular flexibility index (Phi) is 2.65. The molecule has 0 fully saturated rings. The van der Waals surface area contributed by atoms with Crippen LogP contribution >= 0.6 is 15.9 Å². The first-order valence-electron chi connectivity index (χ1n) is 4.48. The number of nitrogens with two attached hydrogens (primary N) is 1. The van der Waals surface area contributed by atoms with E-state index >= 15 is 0 Å². The van der Waals surface area contributed by atoms with Gasteiger partial charge in [-0.25, -0.2) is 0 Å². The van der Waals surface area contributed by atoms with Crippen molar-refractivity contribution in [1.29, 1.82) is 0 Å². The molecule has 0 saturated carbocycles. The molecule has 4 heteroatoms. The van der Waals surface area contributed by atoms with E-state index in [4.69, 9.17) is 15.2 Å². The summed E-state index contributed by atoms with van der Waals surface area (Å²) in [5.74, 6) is 1.53. The van der Waals surface area contributed by atoms with Gasteiger partial charge in [-0.1, -0.05) is 15.9 Å². The molecule has 1 aliphatic heterocycles. The molecule has 3 nitrogen and oxygen atoms in total. The number of hydrogen-bond donors (Lipinski definition) is 1. The van der Waals surface area contributed by atoms with E-state index in [1.807, 2.05) is 12.1 Å². The molecule has 1 aromatic rings. The van der Waals surface area contributed by atoms with Crippen molar-refractivity contribution in [2.75, 3.05) is 13.7 Å². The molecule has 1 heterocycles. The van der Waals surface area contributed by atoms with Crippen molar-refractivity contribution < 1.29 is 9.47 Å². The molecule has 0 aromatic heterocycles. The van der Waals surface area contributed by atoms with Gasteiger partial charge in [0.25, 0.3) is 0 Å². The molecule has 2 N–H and O–H groups in total. The Morgan fingerprint density at radius 3 is 3.07 bits per heavy atom. The second-order valence-corrected chi connectivity index (χ2v) is 4.19. The van der Waals surface area contributed by atoms with Gasteiger partial charge in [-0.05, 0) is 12.1 Å². The fourth-order valence-electron chi connectivity index (χ4n) is 1.61. The minimum Gasteiger partial charge on any atom is -0.493 e. The molecule has 0 saturated heterocycles. The topological polar surface area (TPSA) is 44.5 Å². The van der Waals surface area contributed by atoms with Gasteiger partial charge in [-0.2, -0.15) is 0 Å². The first kappa shape index (κ1) is 9.80. The van der Waals surface area contributed by atoms with Crippen LogP contribution in [0.4, 0.5) is 0 Å². The van der Waals surface area contributed by atoms with E-state index in [-0.39, 0.29) is 6.04 Å². The lowest BCUT2D eigenvalue weighted by molar-refractivity contribution is 0.252. The Bertz CT molecular complexity index is 354. The molecular formula is C10H12BrNO2. The standard InChI is InChI=1S/C10H12BrNO2/c1-13-9-5-6(11)4-7-8(12)2-3-14-10(7)9/h4-5,8H,2-3,12H2,1H3/t8-/m1/s1. The molecule has 14 heavy (non-hydrogen) atoms. The summed E-state index contributed by atoms with van der Waals surface area (Å²) in [5, 5.41) is 0. The zero-order chi connectivity index (χ0) is 10.1. The van der Waals surface area contributed by atoms with Crippen molar-refractivity contribution in [2.24, 2.45) is 5.73 Å². The number of rotatable bonds is 1. The third kappa shape index (κ3) is 1.60. The summed E-state index contributed by atoms with van der Waals surface area (Å²) in [6.07, 6.45) is 0.854. The van der Waals surface area contributed by atoms with Crippen molar-refractivity contribution in [2.45, 2.75) is 12.5 Å². The van der Waals surface area contributed by atoms with Crippen LogP contribution in [0.3, 0.4) is 0 Å². The van der Waals surface area contributed by atoms with Gasteiger partial charge < -0.3 is 15.2 Å². The fraction of sp³-hybridized carbons (Fsp3) is 0.400. The minimum atomic E-state index is 0.0464. The number of halogens is 1. The van der Waals surface area contributed by atoms with Gasteiger partial charge in [0, 0.05) is 22.5 Å². The van der Waals surface area contributed by atoms with Crippen molar-refractivity contribution in [1.82, 2.24) is 0 Å². The largest absolute Gasteiger partial charge is 0.493 e. The van der Waals surface area contributed by atoms with Crippen LogP contribution in [0.1, 0.15) is 18.0 Å². The molecule has 1 aromatic carbocycles. The lowest BCUT2D eigenvalue weighted by atomic mass is 10.0. The lowest BCUT2D eigenvalue weighted by Crippen LogP contribution is -2.21. The highest BCUT2D eigenvalue weighted by molar-refractivity contribution is 9.10. The first-order chi connectivity index (χ1) is 6.72. The second-order valence-electron chi connectivity index (χ2n) is 3.27. The summed E-state index contributed by atoms with van der Waals surface area (Å²) >= 11 is 3.42. The number of benzene rings is 1. The van der Waals surface area contributed by atoms with Gasteiger partial charge in [0.05, 0.1) is 13.7 Å². The quantitative estimate of drug-likeness (QED) is 0.840. The summed E-state index contributed by atoms with van der Waals surface area (Å²) in [5.41, 5.74) is 7.00. The molecular weight excluding hydrogens is 246 g/mol. The molecule has 0 unspecified atom stereocenters. The van der Waals surface area contributed by atoms with Crippen LogP contribution in [0.2, 0.25) is 0 Å². The molecule has 0 aliphatic carbocycles. The van der Waals surface area contributed by atoms with E-state index in [1.165, 1.54) is 0 Å². The smallest absolute Gasteiger partial charge is 0.165 e. The van der Waals surface area contributed by atoms with E-state index in [1.54, 1.807) is 7.11 Å². The van der Waals surface area contributed by atoms with Gasteiger partial charge in [0.1, 0.15) is 0 Å².